The molecule has 0 saturated heterocycles. The molecule has 0 aliphatic carbocycles. The third-order valence-electron chi connectivity index (χ3n) is 3.71. The summed E-state index contributed by atoms with van der Waals surface area (Å²) in [6, 6.07) is 3.48. The molecule has 2 heterocycles. The van der Waals surface area contributed by atoms with E-state index in [4.69, 9.17) is 0 Å². The summed E-state index contributed by atoms with van der Waals surface area (Å²) < 4.78 is 26.3. The molecule has 1 atom stereocenters. The van der Waals surface area contributed by atoms with E-state index >= 15 is 0 Å². The second kappa shape index (κ2) is 7.45. The number of nitrogens with one attached hydrogen (secondary N) is 2. The molecule has 0 saturated carbocycles. The molecule has 0 fully saturated rings. The van der Waals surface area contributed by atoms with Gasteiger partial charge in [0.1, 0.15) is 0 Å². The highest BCUT2D eigenvalue weighted by molar-refractivity contribution is 7.88. The van der Waals surface area contributed by atoms with Gasteiger partial charge in [-0.05, 0) is 32.4 Å². The van der Waals surface area contributed by atoms with Crippen molar-refractivity contribution >= 4 is 27.3 Å². The SMILES string of the molecule is Cc1c([C@H](C)NC(=O)c2ccc(CCNS(C)(=O)=O)s2)cnn1C. The Morgan fingerprint density at radius 3 is 2.71 bits per heavy atom. The predicted octanol–water partition coefficient (Wildman–Crippen LogP) is 1.37. The van der Waals surface area contributed by atoms with Crippen LogP contribution in [0.3, 0.4) is 0 Å². The van der Waals surface area contributed by atoms with Crippen molar-refractivity contribution in [1.29, 1.82) is 0 Å². The second-order valence-corrected chi connectivity index (χ2v) is 8.69. The molecule has 0 unspecified atom stereocenters. The summed E-state index contributed by atoms with van der Waals surface area (Å²) in [7, 11) is -1.32. The van der Waals surface area contributed by atoms with E-state index in [1.807, 2.05) is 27.0 Å². The first kappa shape index (κ1) is 18.6. The van der Waals surface area contributed by atoms with Gasteiger partial charge in [-0.25, -0.2) is 13.1 Å². The van der Waals surface area contributed by atoms with Crippen LogP contribution in [0.1, 0.15) is 38.8 Å². The lowest BCUT2D eigenvalue weighted by Crippen LogP contribution is -2.26. The van der Waals surface area contributed by atoms with Crippen molar-refractivity contribution in [2.24, 2.45) is 7.05 Å². The van der Waals surface area contributed by atoms with Gasteiger partial charge in [-0.2, -0.15) is 5.10 Å². The zero-order valence-corrected chi connectivity index (χ0v) is 15.8. The first-order valence-corrected chi connectivity index (χ1v) is 10.2. The van der Waals surface area contributed by atoms with Gasteiger partial charge in [0.25, 0.3) is 5.91 Å². The zero-order valence-electron chi connectivity index (χ0n) is 14.2. The highest BCUT2D eigenvalue weighted by Crippen LogP contribution is 2.20. The highest BCUT2D eigenvalue weighted by atomic mass is 32.2. The lowest BCUT2D eigenvalue weighted by molar-refractivity contribution is 0.0944. The molecular weight excluding hydrogens is 348 g/mol. The normalized spacial score (nSPS) is 13.0. The van der Waals surface area contributed by atoms with Gasteiger partial charge in [0, 0.05) is 29.7 Å². The molecule has 2 rings (SSSR count). The topological polar surface area (TPSA) is 93.1 Å². The molecule has 0 spiro atoms. The Bertz CT molecular complexity index is 824. The standard InChI is InChI=1S/C15H22N4O3S2/c1-10(13-9-16-19(3)11(13)2)18-15(20)14-6-5-12(23-14)7-8-17-24(4,21)22/h5-6,9-10,17H,7-8H2,1-4H3,(H,18,20)/t10-/m0/s1. The summed E-state index contributed by atoms with van der Waals surface area (Å²) in [5, 5.41) is 7.15. The molecule has 24 heavy (non-hydrogen) atoms. The lowest BCUT2D eigenvalue weighted by atomic mass is 10.1. The van der Waals surface area contributed by atoms with Crippen molar-refractivity contribution in [3.8, 4) is 0 Å². The van der Waals surface area contributed by atoms with Crippen molar-refractivity contribution in [2.45, 2.75) is 26.3 Å². The number of nitrogens with zero attached hydrogens (tertiary/aromatic N) is 2. The van der Waals surface area contributed by atoms with E-state index in [0.717, 1.165) is 22.4 Å². The minimum absolute atomic E-state index is 0.136. The maximum atomic E-state index is 12.4. The minimum atomic E-state index is -3.19. The first-order valence-electron chi connectivity index (χ1n) is 7.50. The van der Waals surface area contributed by atoms with Crippen LogP contribution in [0.4, 0.5) is 0 Å². The van der Waals surface area contributed by atoms with Gasteiger partial charge in [0.05, 0.1) is 23.4 Å². The molecule has 1 amide bonds. The largest absolute Gasteiger partial charge is 0.345 e. The summed E-state index contributed by atoms with van der Waals surface area (Å²) in [6.45, 7) is 4.21. The first-order chi connectivity index (χ1) is 11.2. The van der Waals surface area contributed by atoms with Gasteiger partial charge in [-0.1, -0.05) is 0 Å². The maximum Gasteiger partial charge on any atom is 0.261 e. The van der Waals surface area contributed by atoms with Gasteiger partial charge >= 0.3 is 0 Å². The van der Waals surface area contributed by atoms with Crippen molar-refractivity contribution < 1.29 is 13.2 Å². The summed E-state index contributed by atoms with van der Waals surface area (Å²) in [5.74, 6) is -0.141. The van der Waals surface area contributed by atoms with Crippen LogP contribution < -0.4 is 10.0 Å². The Morgan fingerprint density at radius 1 is 1.42 bits per heavy atom. The third kappa shape index (κ3) is 4.89. The van der Waals surface area contributed by atoms with Crippen LogP contribution >= 0.6 is 11.3 Å². The summed E-state index contributed by atoms with van der Waals surface area (Å²) >= 11 is 1.37. The van der Waals surface area contributed by atoms with Crippen LogP contribution in [0, 0.1) is 6.92 Å². The summed E-state index contributed by atoms with van der Waals surface area (Å²) in [6.07, 6.45) is 3.45. The van der Waals surface area contributed by atoms with Crippen molar-refractivity contribution in [3.63, 3.8) is 0 Å². The monoisotopic (exact) mass is 370 g/mol. The van der Waals surface area contributed by atoms with Crippen LogP contribution in [0.5, 0.6) is 0 Å². The number of thiophene rings is 1. The van der Waals surface area contributed by atoms with Crippen LogP contribution in [-0.4, -0.2) is 36.9 Å². The average molecular weight is 371 g/mol. The van der Waals surface area contributed by atoms with Gasteiger partial charge in [0.15, 0.2) is 0 Å². The van der Waals surface area contributed by atoms with Crippen LogP contribution in [0.25, 0.3) is 0 Å². The summed E-state index contributed by atoms with van der Waals surface area (Å²) in [5.41, 5.74) is 2.00. The van der Waals surface area contributed by atoms with Gasteiger partial charge in [-0.3, -0.25) is 9.48 Å². The van der Waals surface area contributed by atoms with Gasteiger partial charge in [-0.15, -0.1) is 11.3 Å². The molecule has 2 aromatic heterocycles. The molecular formula is C15H22N4O3S2. The average Bonchev–Trinajstić information content (AvgIpc) is 3.06. The van der Waals surface area contributed by atoms with E-state index in [0.29, 0.717) is 17.8 Å². The highest BCUT2D eigenvalue weighted by Gasteiger charge is 2.17. The number of hydrogen-bond acceptors (Lipinski definition) is 5. The number of amides is 1. The molecule has 132 valence electrons. The van der Waals surface area contributed by atoms with E-state index in [1.165, 1.54) is 11.3 Å². The molecule has 0 radical (unpaired) electrons. The molecule has 0 aromatic carbocycles. The zero-order chi connectivity index (χ0) is 17.9. The van der Waals surface area contributed by atoms with Crippen molar-refractivity contribution in [1.82, 2.24) is 19.8 Å². The number of sulfonamides is 1. The number of carbonyl (C=O) groups excluding carboxylic acids is 1. The Balaban J connectivity index is 1.94. The number of aromatic nitrogens is 2. The Hall–Kier alpha value is -1.71. The molecule has 0 bridgehead atoms. The third-order valence-corrected chi connectivity index (χ3v) is 5.58. The van der Waals surface area contributed by atoms with E-state index in [-0.39, 0.29) is 11.9 Å². The fourth-order valence-electron chi connectivity index (χ4n) is 2.28. The number of rotatable bonds is 7. The Kier molecular flexibility index (Phi) is 5.79. The molecule has 9 heteroatoms. The lowest BCUT2D eigenvalue weighted by Gasteiger charge is -2.12. The van der Waals surface area contributed by atoms with Crippen LogP contribution in [0.15, 0.2) is 18.3 Å². The second-order valence-electron chi connectivity index (χ2n) is 5.69. The van der Waals surface area contributed by atoms with E-state index in [1.54, 1.807) is 16.9 Å². The van der Waals surface area contributed by atoms with Crippen molar-refractivity contribution in [2.75, 3.05) is 12.8 Å². The number of hydrogen-bond donors (Lipinski definition) is 2. The molecule has 0 aliphatic rings. The summed E-state index contributed by atoms with van der Waals surface area (Å²) in [4.78, 5) is 13.9. The molecule has 0 aliphatic heterocycles. The smallest absolute Gasteiger partial charge is 0.261 e. The van der Waals surface area contributed by atoms with E-state index < -0.39 is 10.0 Å². The van der Waals surface area contributed by atoms with Gasteiger partial charge in [0.2, 0.25) is 10.0 Å². The number of carbonyl (C=O) groups is 1. The fraction of sp³-hybridized carbons (Fsp3) is 0.467. The maximum absolute atomic E-state index is 12.4. The Morgan fingerprint density at radius 2 is 2.12 bits per heavy atom. The minimum Gasteiger partial charge on any atom is -0.345 e. The molecule has 2 N–H and O–H groups in total. The van der Waals surface area contributed by atoms with Crippen molar-refractivity contribution in [3.05, 3.63) is 39.3 Å². The predicted molar refractivity (Wildman–Crippen MR) is 94.7 cm³/mol. The van der Waals surface area contributed by atoms with Crippen LogP contribution in [-0.2, 0) is 23.5 Å². The quantitative estimate of drug-likeness (QED) is 0.770. The molecule has 7 nitrogen and oxygen atoms in total. The van der Waals surface area contributed by atoms with Crippen LogP contribution in [0.2, 0.25) is 0 Å². The fourth-order valence-corrected chi connectivity index (χ4v) is 3.66. The number of aryl methyl sites for hydroxylation is 1. The van der Waals surface area contributed by atoms with Gasteiger partial charge < -0.3 is 5.32 Å². The van der Waals surface area contributed by atoms with E-state index in [9.17, 15) is 13.2 Å². The molecule has 2 aromatic rings. The Labute approximate surface area is 146 Å². The van der Waals surface area contributed by atoms with E-state index in [2.05, 4.69) is 15.1 Å².